The van der Waals surface area contributed by atoms with Crippen LogP contribution in [0, 0.1) is 18.6 Å². The summed E-state index contributed by atoms with van der Waals surface area (Å²) in [6.07, 6.45) is 2.05. The maximum atomic E-state index is 13.9. The van der Waals surface area contributed by atoms with E-state index in [2.05, 4.69) is 30.0 Å². The van der Waals surface area contributed by atoms with Gasteiger partial charge >= 0.3 is 0 Å². The molecule has 0 unspecified atom stereocenters. The third-order valence-electron chi connectivity index (χ3n) is 4.82. The monoisotopic (exact) mass is 369 g/mol. The molecule has 0 aromatic heterocycles. The van der Waals surface area contributed by atoms with Crippen molar-refractivity contribution in [3.63, 3.8) is 0 Å². The highest BCUT2D eigenvalue weighted by Crippen LogP contribution is 2.39. The Morgan fingerprint density at radius 2 is 1.85 bits per heavy atom. The summed E-state index contributed by atoms with van der Waals surface area (Å²) in [7, 11) is 0. The molecule has 3 aromatic rings. The van der Waals surface area contributed by atoms with Gasteiger partial charge in [-0.05, 0) is 60.7 Å². The van der Waals surface area contributed by atoms with Crippen molar-refractivity contribution in [3.05, 3.63) is 82.4 Å². The predicted molar refractivity (Wildman–Crippen MR) is 103 cm³/mol. The molecule has 0 fully saturated rings. The minimum absolute atomic E-state index is 0.0516. The average molecular weight is 370 g/mol. The van der Waals surface area contributed by atoms with E-state index in [4.69, 9.17) is 11.6 Å². The molecule has 0 radical (unpaired) electrons. The quantitative estimate of drug-likeness (QED) is 0.455. The number of aryl methyl sites for hydroxylation is 2. The number of benzene rings is 3. The highest BCUT2D eigenvalue weighted by Gasteiger charge is 2.20. The van der Waals surface area contributed by atoms with E-state index < -0.39 is 11.6 Å². The van der Waals surface area contributed by atoms with Gasteiger partial charge in [-0.3, -0.25) is 0 Å². The molecule has 0 saturated carbocycles. The summed E-state index contributed by atoms with van der Waals surface area (Å²) in [6, 6.07) is 16.3. The largest absolute Gasteiger partial charge is 0.341 e. The number of hydrogen-bond donors (Lipinski definition) is 0. The van der Waals surface area contributed by atoms with Crippen molar-refractivity contribution in [1.82, 2.24) is 0 Å². The van der Waals surface area contributed by atoms with Crippen LogP contribution in [0.1, 0.15) is 17.5 Å². The Kier molecular flexibility index (Phi) is 4.41. The smallest absolute Gasteiger partial charge is 0.145 e. The Morgan fingerprint density at radius 3 is 2.65 bits per heavy atom. The van der Waals surface area contributed by atoms with Crippen LogP contribution < -0.4 is 4.90 Å². The van der Waals surface area contributed by atoms with E-state index in [0.29, 0.717) is 11.1 Å². The average Bonchev–Trinajstić information content (AvgIpc) is 2.63. The van der Waals surface area contributed by atoms with Crippen molar-refractivity contribution in [1.29, 1.82) is 0 Å². The molecule has 0 amide bonds. The first kappa shape index (κ1) is 17.0. The summed E-state index contributed by atoms with van der Waals surface area (Å²) in [4.78, 5) is 2.26. The fourth-order valence-electron chi connectivity index (χ4n) is 3.57. The van der Waals surface area contributed by atoms with Crippen molar-refractivity contribution in [2.24, 2.45) is 0 Å². The van der Waals surface area contributed by atoms with Gasteiger partial charge in [0.1, 0.15) is 11.6 Å². The Bertz CT molecular complexity index is 984. The van der Waals surface area contributed by atoms with E-state index in [0.717, 1.165) is 36.8 Å². The van der Waals surface area contributed by atoms with E-state index >= 15 is 0 Å². The van der Waals surface area contributed by atoms with Gasteiger partial charge < -0.3 is 4.90 Å². The molecule has 3 aromatic carbocycles. The van der Waals surface area contributed by atoms with Crippen LogP contribution >= 0.6 is 11.6 Å². The zero-order valence-corrected chi connectivity index (χ0v) is 15.2. The fraction of sp³-hybridized carbons (Fsp3) is 0.182. The number of nitrogens with zero attached hydrogens (tertiary/aromatic N) is 1. The minimum Gasteiger partial charge on any atom is -0.341 e. The Hall–Kier alpha value is -2.39. The van der Waals surface area contributed by atoms with Crippen molar-refractivity contribution in [3.8, 4) is 11.1 Å². The third-order valence-corrected chi connectivity index (χ3v) is 5.21. The first-order valence-electron chi connectivity index (χ1n) is 8.65. The number of halogens is 3. The van der Waals surface area contributed by atoms with Crippen LogP contribution in [0.3, 0.4) is 0 Å². The van der Waals surface area contributed by atoms with Gasteiger partial charge in [0.2, 0.25) is 0 Å². The van der Waals surface area contributed by atoms with Crippen LogP contribution in [-0.2, 0) is 6.42 Å². The van der Waals surface area contributed by atoms with E-state index in [-0.39, 0.29) is 5.02 Å². The van der Waals surface area contributed by atoms with Gasteiger partial charge in [-0.1, -0.05) is 35.9 Å². The van der Waals surface area contributed by atoms with Crippen LogP contribution in [0.15, 0.2) is 54.6 Å². The predicted octanol–water partition coefficient (Wildman–Crippen LogP) is 6.68. The minimum atomic E-state index is -0.741. The number of hydrogen-bond acceptors (Lipinski definition) is 1. The second-order valence-electron chi connectivity index (χ2n) is 6.69. The zero-order chi connectivity index (χ0) is 18.3. The van der Waals surface area contributed by atoms with Gasteiger partial charge in [-0.15, -0.1) is 0 Å². The second-order valence-corrected chi connectivity index (χ2v) is 7.06. The number of anilines is 2. The fourth-order valence-corrected chi connectivity index (χ4v) is 3.79. The summed E-state index contributed by atoms with van der Waals surface area (Å²) in [5.74, 6) is -1.37. The topological polar surface area (TPSA) is 3.24 Å². The molecule has 1 aliphatic rings. The lowest BCUT2D eigenvalue weighted by atomic mass is 9.96. The van der Waals surface area contributed by atoms with Gasteiger partial charge in [-0.25, -0.2) is 8.78 Å². The van der Waals surface area contributed by atoms with E-state index in [1.54, 1.807) is 0 Å². The van der Waals surface area contributed by atoms with Crippen LogP contribution in [0.25, 0.3) is 11.1 Å². The third kappa shape index (κ3) is 3.08. The molecule has 132 valence electrons. The van der Waals surface area contributed by atoms with Gasteiger partial charge in [0.05, 0.1) is 5.02 Å². The summed E-state index contributed by atoms with van der Waals surface area (Å²) in [5, 5.41) is -0.0516. The Labute approximate surface area is 156 Å². The normalized spacial score (nSPS) is 13.6. The van der Waals surface area contributed by atoms with E-state index in [1.807, 2.05) is 24.3 Å². The Morgan fingerprint density at radius 1 is 1.00 bits per heavy atom. The van der Waals surface area contributed by atoms with E-state index in [9.17, 15) is 8.78 Å². The molecule has 0 saturated heterocycles. The molecule has 26 heavy (non-hydrogen) atoms. The zero-order valence-electron chi connectivity index (χ0n) is 14.4. The molecule has 1 nitrogen and oxygen atoms in total. The summed E-state index contributed by atoms with van der Waals surface area (Å²) in [6.45, 7) is 2.98. The summed E-state index contributed by atoms with van der Waals surface area (Å²) >= 11 is 6.10. The molecule has 4 rings (SSSR count). The molecule has 0 N–H and O–H groups in total. The molecular weight excluding hydrogens is 352 g/mol. The first-order valence-corrected chi connectivity index (χ1v) is 9.03. The summed E-state index contributed by atoms with van der Waals surface area (Å²) < 4.78 is 27.6. The molecule has 0 aliphatic carbocycles. The van der Waals surface area contributed by atoms with Crippen molar-refractivity contribution in [2.75, 3.05) is 11.4 Å². The molecule has 4 heteroatoms. The number of fused-ring (bicyclic) bond motifs is 1. The van der Waals surface area contributed by atoms with Crippen molar-refractivity contribution in [2.45, 2.75) is 19.8 Å². The maximum absolute atomic E-state index is 13.9. The standard InChI is InChI=1S/C22H18ClF2N/c1-14-4-2-6-18(10-14)26-9-3-5-15-7-8-16(11-21(15)26)19-12-17(24)13-20(25)22(19)23/h2,4,6-8,10-13H,3,5,9H2,1H3. The second kappa shape index (κ2) is 6.73. The molecule has 0 bridgehead atoms. The van der Waals surface area contributed by atoms with Crippen molar-refractivity contribution < 1.29 is 8.78 Å². The lowest BCUT2D eigenvalue weighted by Gasteiger charge is -2.32. The molecule has 0 atom stereocenters. The van der Waals surface area contributed by atoms with Gasteiger partial charge in [-0.2, -0.15) is 0 Å². The lowest BCUT2D eigenvalue weighted by Crippen LogP contribution is -2.24. The first-order chi connectivity index (χ1) is 12.5. The SMILES string of the molecule is Cc1cccc(N2CCCc3ccc(-c4cc(F)cc(F)c4Cl)cc32)c1. The highest BCUT2D eigenvalue weighted by atomic mass is 35.5. The molecular formula is C22H18ClF2N. The number of rotatable bonds is 2. The van der Waals surface area contributed by atoms with Crippen LogP contribution in [0.4, 0.5) is 20.2 Å². The van der Waals surface area contributed by atoms with Gasteiger partial charge in [0.15, 0.2) is 0 Å². The van der Waals surface area contributed by atoms with Crippen molar-refractivity contribution >= 4 is 23.0 Å². The molecule has 0 spiro atoms. The Balaban J connectivity index is 1.84. The highest BCUT2D eigenvalue weighted by molar-refractivity contribution is 6.33. The molecule has 1 heterocycles. The van der Waals surface area contributed by atoms with Crippen LogP contribution in [-0.4, -0.2) is 6.54 Å². The van der Waals surface area contributed by atoms with Crippen LogP contribution in [0.5, 0.6) is 0 Å². The lowest BCUT2D eigenvalue weighted by molar-refractivity contribution is 0.584. The molecule has 1 aliphatic heterocycles. The van der Waals surface area contributed by atoms with E-state index in [1.165, 1.54) is 17.2 Å². The summed E-state index contributed by atoms with van der Waals surface area (Å²) in [5.41, 5.74) is 5.71. The maximum Gasteiger partial charge on any atom is 0.145 e. The van der Waals surface area contributed by atoms with Gasteiger partial charge in [0.25, 0.3) is 0 Å². The van der Waals surface area contributed by atoms with Crippen LogP contribution in [0.2, 0.25) is 5.02 Å². The van der Waals surface area contributed by atoms with Gasteiger partial charge in [0, 0.05) is 29.5 Å².